The number of amides is 1. The third-order valence-corrected chi connectivity index (χ3v) is 5.27. The summed E-state index contributed by atoms with van der Waals surface area (Å²) >= 11 is 6.13. The van der Waals surface area contributed by atoms with E-state index >= 15 is 0 Å². The molecule has 0 aliphatic carbocycles. The molecule has 1 fully saturated rings. The van der Waals surface area contributed by atoms with Gasteiger partial charge in [-0.1, -0.05) is 66.2 Å². The molecular formula is C22H26ClN3O. The van der Waals surface area contributed by atoms with Crippen molar-refractivity contribution in [1.82, 2.24) is 9.80 Å². The molecule has 0 saturated carbocycles. The molecule has 0 spiro atoms. The molecule has 5 heteroatoms. The molecule has 1 amide bonds. The number of nitrogens with zero attached hydrogens (tertiary/aromatic N) is 2. The summed E-state index contributed by atoms with van der Waals surface area (Å²) in [4.78, 5) is 17.2. The van der Waals surface area contributed by atoms with Gasteiger partial charge in [-0.2, -0.15) is 0 Å². The first-order chi connectivity index (χ1) is 13.1. The summed E-state index contributed by atoms with van der Waals surface area (Å²) < 4.78 is 0. The highest BCUT2D eigenvalue weighted by atomic mass is 35.5. The molecule has 0 aromatic heterocycles. The van der Waals surface area contributed by atoms with Gasteiger partial charge in [0.15, 0.2) is 0 Å². The van der Waals surface area contributed by atoms with Gasteiger partial charge in [0.1, 0.15) is 0 Å². The molecule has 1 heterocycles. The molecular weight excluding hydrogens is 358 g/mol. The molecule has 0 radical (unpaired) electrons. The van der Waals surface area contributed by atoms with Crippen LogP contribution in [0.4, 0.5) is 5.69 Å². The number of halogens is 1. The largest absolute Gasteiger partial charge is 0.323 e. The predicted octanol–water partition coefficient (Wildman–Crippen LogP) is 4.00. The van der Waals surface area contributed by atoms with Crippen molar-refractivity contribution < 1.29 is 4.79 Å². The number of para-hydroxylation sites is 1. The van der Waals surface area contributed by atoms with Crippen LogP contribution >= 0.6 is 11.6 Å². The van der Waals surface area contributed by atoms with E-state index in [-0.39, 0.29) is 11.9 Å². The fourth-order valence-corrected chi connectivity index (χ4v) is 3.38. The van der Waals surface area contributed by atoms with Gasteiger partial charge in [0, 0.05) is 32.7 Å². The Hall–Kier alpha value is -2.14. The van der Waals surface area contributed by atoms with E-state index in [0.29, 0.717) is 10.7 Å². The van der Waals surface area contributed by atoms with Crippen LogP contribution < -0.4 is 5.32 Å². The minimum Gasteiger partial charge on any atom is -0.323 e. The number of hydrogen-bond acceptors (Lipinski definition) is 3. The Kier molecular flexibility index (Phi) is 7.04. The lowest BCUT2D eigenvalue weighted by Crippen LogP contribution is -2.52. The zero-order chi connectivity index (χ0) is 19.1. The Morgan fingerprint density at radius 1 is 1.07 bits per heavy atom. The first-order valence-electron chi connectivity index (χ1n) is 9.37. The third-order valence-electron chi connectivity index (χ3n) is 4.94. The maximum Gasteiger partial charge on any atom is 0.241 e. The van der Waals surface area contributed by atoms with Crippen LogP contribution in [0, 0.1) is 0 Å². The molecule has 27 heavy (non-hydrogen) atoms. The highest BCUT2D eigenvalue weighted by Crippen LogP contribution is 2.21. The maximum atomic E-state index is 12.5. The minimum absolute atomic E-state index is 0.0134. The van der Waals surface area contributed by atoms with Crippen LogP contribution in [0.1, 0.15) is 12.5 Å². The van der Waals surface area contributed by atoms with Gasteiger partial charge < -0.3 is 5.32 Å². The van der Waals surface area contributed by atoms with Crippen molar-refractivity contribution in [3.8, 4) is 0 Å². The van der Waals surface area contributed by atoms with Gasteiger partial charge in [-0.3, -0.25) is 14.6 Å². The Morgan fingerprint density at radius 3 is 2.44 bits per heavy atom. The van der Waals surface area contributed by atoms with Crippen LogP contribution in [0.2, 0.25) is 5.02 Å². The molecule has 3 rings (SSSR count). The van der Waals surface area contributed by atoms with Gasteiger partial charge >= 0.3 is 0 Å². The molecule has 142 valence electrons. The fraction of sp³-hybridized carbons (Fsp3) is 0.318. The van der Waals surface area contributed by atoms with Crippen LogP contribution in [-0.2, 0) is 4.79 Å². The van der Waals surface area contributed by atoms with Crippen LogP contribution in [-0.4, -0.2) is 54.5 Å². The second kappa shape index (κ2) is 9.70. The molecule has 1 N–H and O–H groups in total. The van der Waals surface area contributed by atoms with Gasteiger partial charge in [0.2, 0.25) is 5.91 Å². The van der Waals surface area contributed by atoms with E-state index in [1.807, 2.05) is 43.3 Å². The van der Waals surface area contributed by atoms with Gasteiger partial charge in [-0.25, -0.2) is 0 Å². The van der Waals surface area contributed by atoms with Crippen LogP contribution in [0.3, 0.4) is 0 Å². The highest BCUT2D eigenvalue weighted by Gasteiger charge is 2.25. The van der Waals surface area contributed by atoms with E-state index in [1.54, 1.807) is 6.07 Å². The number of nitrogens with one attached hydrogen (secondary N) is 1. The van der Waals surface area contributed by atoms with Crippen molar-refractivity contribution in [1.29, 1.82) is 0 Å². The average Bonchev–Trinajstić information content (AvgIpc) is 2.70. The van der Waals surface area contributed by atoms with Crippen molar-refractivity contribution in [2.24, 2.45) is 0 Å². The summed E-state index contributed by atoms with van der Waals surface area (Å²) in [5.74, 6) is -0.0134. The molecule has 1 unspecified atom stereocenters. The predicted molar refractivity (Wildman–Crippen MR) is 113 cm³/mol. The fourth-order valence-electron chi connectivity index (χ4n) is 3.20. The van der Waals surface area contributed by atoms with E-state index in [4.69, 9.17) is 11.6 Å². The maximum absolute atomic E-state index is 12.5. The zero-order valence-electron chi connectivity index (χ0n) is 15.6. The summed E-state index contributed by atoms with van der Waals surface area (Å²) in [7, 11) is 0. The van der Waals surface area contributed by atoms with Crippen LogP contribution in [0.15, 0.2) is 60.7 Å². The Morgan fingerprint density at radius 2 is 1.74 bits per heavy atom. The van der Waals surface area contributed by atoms with Crippen molar-refractivity contribution in [2.75, 3.05) is 38.0 Å². The summed E-state index contributed by atoms with van der Waals surface area (Å²) in [5, 5.41) is 3.50. The molecule has 0 bridgehead atoms. The van der Waals surface area contributed by atoms with Crippen LogP contribution in [0.5, 0.6) is 0 Å². The Bertz CT molecular complexity index is 770. The molecule has 1 saturated heterocycles. The smallest absolute Gasteiger partial charge is 0.241 e. The van der Waals surface area contributed by atoms with Crippen molar-refractivity contribution in [3.63, 3.8) is 0 Å². The van der Waals surface area contributed by atoms with E-state index in [2.05, 4.69) is 39.4 Å². The standard InChI is InChI=1S/C22H26ClN3O/c1-18(22(27)24-21-12-6-5-11-20(21)23)26-16-14-25(15-17-26)13-7-10-19-8-3-2-4-9-19/h2-12,18H,13-17H2,1H3,(H,24,27)/b10-7+. The molecule has 1 atom stereocenters. The zero-order valence-corrected chi connectivity index (χ0v) is 16.4. The number of hydrogen-bond donors (Lipinski definition) is 1. The molecule has 4 nitrogen and oxygen atoms in total. The van der Waals surface area contributed by atoms with Gasteiger partial charge in [0.05, 0.1) is 16.8 Å². The summed E-state index contributed by atoms with van der Waals surface area (Å²) in [6.45, 7) is 6.58. The lowest BCUT2D eigenvalue weighted by molar-refractivity contribution is -0.121. The van der Waals surface area contributed by atoms with Crippen molar-refractivity contribution >= 4 is 29.3 Å². The summed E-state index contributed by atoms with van der Waals surface area (Å²) in [5.41, 5.74) is 1.89. The quantitative estimate of drug-likeness (QED) is 0.819. The van der Waals surface area contributed by atoms with Gasteiger partial charge in [0.25, 0.3) is 0 Å². The van der Waals surface area contributed by atoms with Gasteiger partial charge in [-0.05, 0) is 24.6 Å². The molecule has 2 aromatic rings. The topological polar surface area (TPSA) is 35.6 Å². The SMILES string of the molecule is CC(C(=O)Nc1ccccc1Cl)N1CCN(C/C=C/c2ccccc2)CC1. The lowest BCUT2D eigenvalue weighted by atomic mass is 10.2. The number of carbonyl (C=O) groups excluding carboxylic acids is 1. The van der Waals surface area contributed by atoms with E-state index in [9.17, 15) is 4.79 Å². The van der Waals surface area contributed by atoms with E-state index in [0.717, 1.165) is 32.7 Å². The Balaban J connectivity index is 1.45. The molecule has 2 aromatic carbocycles. The molecule has 1 aliphatic rings. The number of piperazine rings is 1. The lowest BCUT2D eigenvalue weighted by Gasteiger charge is -2.37. The first-order valence-corrected chi connectivity index (χ1v) is 9.74. The van der Waals surface area contributed by atoms with E-state index < -0.39 is 0 Å². The van der Waals surface area contributed by atoms with Crippen molar-refractivity contribution in [2.45, 2.75) is 13.0 Å². The second-order valence-corrected chi connectivity index (χ2v) is 7.20. The third kappa shape index (κ3) is 5.67. The number of benzene rings is 2. The van der Waals surface area contributed by atoms with Crippen LogP contribution in [0.25, 0.3) is 6.08 Å². The highest BCUT2D eigenvalue weighted by molar-refractivity contribution is 6.33. The summed E-state index contributed by atoms with van der Waals surface area (Å²) in [6, 6.07) is 17.5. The van der Waals surface area contributed by atoms with E-state index in [1.165, 1.54) is 5.56 Å². The summed E-state index contributed by atoms with van der Waals surface area (Å²) in [6.07, 6.45) is 4.37. The molecule has 1 aliphatic heterocycles. The van der Waals surface area contributed by atoms with Crippen molar-refractivity contribution in [3.05, 3.63) is 71.3 Å². The first kappa shape index (κ1) is 19.6. The Labute approximate surface area is 166 Å². The number of anilines is 1. The second-order valence-electron chi connectivity index (χ2n) is 6.79. The number of rotatable bonds is 6. The normalized spacial score (nSPS) is 17.1. The van der Waals surface area contributed by atoms with Gasteiger partial charge in [-0.15, -0.1) is 0 Å². The minimum atomic E-state index is -0.178. The monoisotopic (exact) mass is 383 g/mol. The number of carbonyl (C=O) groups is 1. The average molecular weight is 384 g/mol.